The van der Waals surface area contributed by atoms with Gasteiger partial charge in [-0.25, -0.2) is 0 Å². The van der Waals surface area contributed by atoms with Gasteiger partial charge < -0.3 is 14.7 Å². The van der Waals surface area contributed by atoms with E-state index in [2.05, 4.69) is 4.90 Å². The predicted octanol–water partition coefficient (Wildman–Crippen LogP) is 0.819. The molecule has 116 valence electrons. The van der Waals surface area contributed by atoms with Crippen molar-refractivity contribution >= 4 is 5.91 Å². The Hall–Kier alpha value is -1.59. The Bertz CT molecular complexity index is 462. The van der Waals surface area contributed by atoms with Crippen LogP contribution in [0.5, 0.6) is 5.75 Å². The summed E-state index contributed by atoms with van der Waals surface area (Å²) >= 11 is 0. The van der Waals surface area contributed by atoms with Gasteiger partial charge in [-0.15, -0.1) is 0 Å². The van der Waals surface area contributed by atoms with Crippen LogP contribution < -0.4 is 4.74 Å². The van der Waals surface area contributed by atoms with Crippen molar-refractivity contribution in [2.24, 2.45) is 0 Å². The van der Waals surface area contributed by atoms with Crippen molar-refractivity contribution in [1.29, 1.82) is 0 Å². The second-order valence-electron chi connectivity index (χ2n) is 5.46. The first-order valence-electron chi connectivity index (χ1n) is 7.42. The number of aliphatic hydroxyl groups is 1. The molecule has 5 heteroatoms. The Morgan fingerprint density at radius 3 is 2.38 bits per heavy atom. The number of carbonyl (C=O) groups excluding carboxylic acids is 1. The lowest BCUT2D eigenvalue weighted by Gasteiger charge is -2.34. The van der Waals surface area contributed by atoms with E-state index < -0.39 is 0 Å². The van der Waals surface area contributed by atoms with E-state index in [-0.39, 0.29) is 19.1 Å². The lowest BCUT2D eigenvalue weighted by molar-refractivity contribution is -0.135. The summed E-state index contributed by atoms with van der Waals surface area (Å²) in [4.78, 5) is 16.2. The van der Waals surface area contributed by atoms with Crippen LogP contribution in [0.3, 0.4) is 0 Å². The highest BCUT2D eigenvalue weighted by Crippen LogP contribution is 2.22. The maximum Gasteiger partial charge on any atom is 0.260 e. The molecule has 0 saturated carbocycles. The second-order valence-corrected chi connectivity index (χ2v) is 5.46. The van der Waals surface area contributed by atoms with Crippen LogP contribution in [0.4, 0.5) is 0 Å². The summed E-state index contributed by atoms with van der Waals surface area (Å²) in [5.41, 5.74) is 2.10. The minimum atomic E-state index is 0.0290. The molecule has 5 nitrogen and oxygen atoms in total. The first-order chi connectivity index (χ1) is 10.1. The van der Waals surface area contributed by atoms with Gasteiger partial charge in [0.1, 0.15) is 5.75 Å². The number of carbonyl (C=O) groups is 1. The molecule has 1 aliphatic heterocycles. The number of hydrogen-bond acceptors (Lipinski definition) is 4. The average Bonchev–Trinajstić information content (AvgIpc) is 2.47. The number of hydrogen-bond donors (Lipinski definition) is 1. The first-order valence-corrected chi connectivity index (χ1v) is 7.42. The van der Waals surface area contributed by atoms with E-state index in [0.717, 1.165) is 30.0 Å². The van der Waals surface area contributed by atoms with Gasteiger partial charge in [-0.2, -0.15) is 0 Å². The molecule has 1 aromatic rings. The summed E-state index contributed by atoms with van der Waals surface area (Å²) in [6, 6.07) is 5.96. The van der Waals surface area contributed by atoms with Crippen LogP contribution in [-0.2, 0) is 4.79 Å². The molecule has 0 bridgehead atoms. The number of nitrogens with zero attached hydrogens (tertiary/aromatic N) is 2. The van der Waals surface area contributed by atoms with Gasteiger partial charge in [-0.3, -0.25) is 9.69 Å². The molecule has 1 amide bonds. The van der Waals surface area contributed by atoms with Crippen molar-refractivity contribution in [1.82, 2.24) is 9.80 Å². The molecular weight excluding hydrogens is 268 g/mol. The molecule has 1 saturated heterocycles. The number of aryl methyl sites for hydroxylation is 2. The van der Waals surface area contributed by atoms with Gasteiger partial charge in [0.25, 0.3) is 5.91 Å². The standard InChI is InChI=1S/C16H24N2O3/c1-13-4-3-5-14(2)16(13)21-12-15(20)18-8-6-17(7-9-18)10-11-19/h3-5,19H,6-12H2,1-2H3. The number of β-amino-alcohol motifs (C(OH)–C–C–N with tert-alkyl or cyclic N) is 1. The number of rotatable bonds is 5. The number of benzene rings is 1. The van der Waals surface area contributed by atoms with E-state index >= 15 is 0 Å². The van der Waals surface area contributed by atoms with Crippen molar-refractivity contribution in [3.05, 3.63) is 29.3 Å². The molecular formula is C16H24N2O3. The van der Waals surface area contributed by atoms with E-state index in [9.17, 15) is 4.79 Å². The fourth-order valence-electron chi connectivity index (χ4n) is 2.61. The second kappa shape index (κ2) is 7.43. The number of aliphatic hydroxyl groups excluding tert-OH is 1. The molecule has 1 heterocycles. The fraction of sp³-hybridized carbons (Fsp3) is 0.562. The zero-order valence-corrected chi connectivity index (χ0v) is 12.8. The Morgan fingerprint density at radius 2 is 1.81 bits per heavy atom. The first kappa shape index (κ1) is 15.8. The van der Waals surface area contributed by atoms with Crippen LogP contribution in [0.25, 0.3) is 0 Å². The summed E-state index contributed by atoms with van der Waals surface area (Å²) < 4.78 is 5.71. The van der Waals surface area contributed by atoms with Crippen LogP contribution >= 0.6 is 0 Å². The summed E-state index contributed by atoms with van der Waals surface area (Å²) in [6.07, 6.45) is 0. The Kier molecular flexibility index (Phi) is 5.59. The van der Waals surface area contributed by atoms with Gasteiger partial charge >= 0.3 is 0 Å². The van der Waals surface area contributed by atoms with Gasteiger partial charge in [-0.05, 0) is 25.0 Å². The molecule has 0 radical (unpaired) electrons. The highest BCUT2D eigenvalue weighted by atomic mass is 16.5. The van der Waals surface area contributed by atoms with Crippen LogP contribution in [-0.4, -0.2) is 66.8 Å². The molecule has 0 unspecified atom stereocenters. The number of para-hydroxylation sites is 1. The monoisotopic (exact) mass is 292 g/mol. The topological polar surface area (TPSA) is 53.0 Å². The van der Waals surface area contributed by atoms with Crippen molar-refractivity contribution in [2.45, 2.75) is 13.8 Å². The lowest BCUT2D eigenvalue weighted by Crippen LogP contribution is -2.50. The van der Waals surface area contributed by atoms with Crippen LogP contribution in [0, 0.1) is 13.8 Å². The molecule has 1 N–H and O–H groups in total. The third-order valence-electron chi connectivity index (χ3n) is 3.89. The molecule has 1 aliphatic rings. The lowest BCUT2D eigenvalue weighted by atomic mass is 10.1. The van der Waals surface area contributed by atoms with Crippen molar-refractivity contribution in [2.75, 3.05) is 45.9 Å². The zero-order chi connectivity index (χ0) is 15.2. The third kappa shape index (κ3) is 4.19. The van der Waals surface area contributed by atoms with E-state index in [0.29, 0.717) is 19.6 Å². The van der Waals surface area contributed by atoms with E-state index in [1.54, 1.807) is 0 Å². The van der Waals surface area contributed by atoms with Crippen LogP contribution in [0.2, 0.25) is 0 Å². The summed E-state index contributed by atoms with van der Waals surface area (Å²) in [6.45, 7) is 7.95. The van der Waals surface area contributed by atoms with Gasteiger partial charge in [0.15, 0.2) is 6.61 Å². The number of amides is 1. The largest absolute Gasteiger partial charge is 0.483 e. The molecule has 0 atom stereocenters. The fourth-order valence-corrected chi connectivity index (χ4v) is 2.61. The quantitative estimate of drug-likeness (QED) is 0.873. The van der Waals surface area contributed by atoms with Crippen molar-refractivity contribution in [3.8, 4) is 5.75 Å². The molecule has 21 heavy (non-hydrogen) atoms. The average molecular weight is 292 g/mol. The van der Waals surface area contributed by atoms with Gasteiger partial charge in [-0.1, -0.05) is 18.2 Å². The SMILES string of the molecule is Cc1cccc(C)c1OCC(=O)N1CCN(CCO)CC1. The van der Waals surface area contributed by atoms with E-state index in [1.807, 2.05) is 36.9 Å². The third-order valence-corrected chi connectivity index (χ3v) is 3.89. The normalized spacial score (nSPS) is 16.0. The van der Waals surface area contributed by atoms with Crippen LogP contribution in [0.15, 0.2) is 18.2 Å². The number of piperazine rings is 1. The van der Waals surface area contributed by atoms with E-state index in [4.69, 9.17) is 9.84 Å². The van der Waals surface area contributed by atoms with Crippen molar-refractivity contribution in [3.63, 3.8) is 0 Å². The van der Waals surface area contributed by atoms with Gasteiger partial charge in [0, 0.05) is 32.7 Å². The Labute approximate surface area is 126 Å². The Balaban J connectivity index is 1.83. The van der Waals surface area contributed by atoms with Crippen molar-refractivity contribution < 1.29 is 14.6 Å². The van der Waals surface area contributed by atoms with E-state index in [1.165, 1.54) is 0 Å². The van der Waals surface area contributed by atoms with Crippen LogP contribution in [0.1, 0.15) is 11.1 Å². The molecule has 0 aliphatic carbocycles. The minimum absolute atomic E-state index is 0.0290. The Morgan fingerprint density at radius 1 is 1.19 bits per heavy atom. The van der Waals surface area contributed by atoms with Gasteiger partial charge in [0.2, 0.25) is 0 Å². The molecule has 1 fully saturated rings. The highest BCUT2D eigenvalue weighted by molar-refractivity contribution is 5.78. The maximum atomic E-state index is 12.2. The minimum Gasteiger partial charge on any atom is -0.483 e. The summed E-state index contributed by atoms with van der Waals surface area (Å²) in [5.74, 6) is 0.839. The molecule has 2 rings (SSSR count). The highest BCUT2D eigenvalue weighted by Gasteiger charge is 2.21. The molecule has 0 spiro atoms. The number of ether oxygens (including phenoxy) is 1. The summed E-state index contributed by atoms with van der Waals surface area (Å²) in [7, 11) is 0. The maximum absolute atomic E-state index is 12.2. The molecule has 1 aromatic carbocycles. The smallest absolute Gasteiger partial charge is 0.260 e. The zero-order valence-electron chi connectivity index (χ0n) is 12.8. The molecule has 0 aromatic heterocycles. The van der Waals surface area contributed by atoms with Gasteiger partial charge in [0.05, 0.1) is 6.61 Å². The summed E-state index contributed by atoms with van der Waals surface area (Å²) in [5, 5.41) is 8.91. The predicted molar refractivity (Wildman–Crippen MR) is 81.5 cm³/mol.